The maximum absolute atomic E-state index is 7.56. The summed E-state index contributed by atoms with van der Waals surface area (Å²) in [6.07, 6.45) is 0. The smallest absolute Gasteiger partial charge is 0.319 e. The van der Waals surface area contributed by atoms with Crippen LogP contribution in [0.1, 0.15) is 0 Å². The summed E-state index contributed by atoms with van der Waals surface area (Å²) in [7, 11) is 0. The van der Waals surface area contributed by atoms with E-state index in [1.165, 1.54) is 0 Å². The van der Waals surface area contributed by atoms with Crippen molar-refractivity contribution in [1.29, 1.82) is 0 Å². The van der Waals surface area contributed by atoms with E-state index in [0.29, 0.717) is 0 Å². The van der Waals surface area contributed by atoms with Gasteiger partial charge in [-0.3, -0.25) is 0 Å². The molecule has 6 heavy (non-hydrogen) atoms. The maximum Gasteiger partial charge on any atom is 0.319 e. The molecule has 0 spiro atoms. The fourth-order valence-electron chi connectivity index (χ4n) is 0. The van der Waals surface area contributed by atoms with Gasteiger partial charge in [0.05, 0.1) is 0 Å². The summed E-state index contributed by atoms with van der Waals surface area (Å²) in [4.78, 5) is 22.7. The molecule has 0 aliphatic carbocycles. The van der Waals surface area contributed by atoms with Gasteiger partial charge in [0.15, 0.2) is 0 Å². The third-order valence-electron chi connectivity index (χ3n) is 0. The van der Waals surface area contributed by atoms with Crippen molar-refractivity contribution in [2.24, 2.45) is 0 Å². The molecule has 0 amide bonds. The molecule has 0 heterocycles. The van der Waals surface area contributed by atoms with E-state index < -0.39 is 6.72 Å². The third-order valence-corrected chi connectivity index (χ3v) is 0. The Labute approximate surface area is 42.5 Å². The molecule has 3 nitrogen and oxygen atoms in total. The van der Waals surface area contributed by atoms with Crippen LogP contribution in [0.25, 0.3) is 0 Å². The number of hydrogen-bond donors (Lipinski definition) is 3. The first kappa shape index (κ1) is 9.78. The van der Waals surface area contributed by atoms with E-state index in [2.05, 4.69) is 11.8 Å². The Morgan fingerprint density at radius 2 is 1.17 bits per heavy atom. The van der Waals surface area contributed by atoms with Gasteiger partial charge in [0.2, 0.25) is 0 Å². The summed E-state index contributed by atoms with van der Waals surface area (Å²) in [5.74, 6) is 0. The van der Waals surface area contributed by atoms with Crippen LogP contribution in [0.4, 0.5) is 0 Å². The Hall–Kier alpha value is 0.595. The first-order valence-electron chi connectivity index (χ1n) is 0.783. The second-order valence-corrected chi connectivity index (χ2v) is 3.01. The van der Waals surface area contributed by atoms with E-state index in [4.69, 9.17) is 14.7 Å². The van der Waals surface area contributed by atoms with Crippen LogP contribution in [0.2, 0.25) is 0 Å². The van der Waals surface area contributed by atoms with Gasteiger partial charge in [-0.25, -0.2) is 0 Å². The van der Waals surface area contributed by atoms with Gasteiger partial charge in [-0.2, -0.15) is 0 Å². The van der Waals surface area contributed by atoms with Crippen LogP contribution in [-0.2, 0) is 11.8 Å². The van der Waals surface area contributed by atoms with Crippen LogP contribution in [0.5, 0.6) is 0 Å². The summed E-state index contributed by atoms with van der Waals surface area (Å²) >= 11 is 3.60. The molecule has 0 aliphatic rings. The SMILES string of the molecule is OP(O)(O)=S.[B]. The fraction of sp³-hybridized carbons (Fsp3) is 0. The highest BCUT2D eigenvalue weighted by Crippen LogP contribution is 2.26. The molecule has 0 aliphatic heterocycles. The summed E-state index contributed by atoms with van der Waals surface area (Å²) in [6.45, 7) is -3.81. The second-order valence-electron chi connectivity index (χ2n) is 0.513. The first-order valence-corrected chi connectivity index (χ1v) is 3.44. The van der Waals surface area contributed by atoms with Crippen molar-refractivity contribution in [1.82, 2.24) is 0 Å². The maximum atomic E-state index is 7.56. The molecule has 0 unspecified atom stereocenters. The summed E-state index contributed by atoms with van der Waals surface area (Å²) in [5, 5.41) is 0. The molecular weight excluding hydrogens is 122 g/mol. The van der Waals surface area contributed by atoms with Gasteiger partial charge in [0.1, 0.15) is 0 Å². The van der Waals surface area contributed by atoms with Gasteiger partial charge in [-0.1, -0.05) is 0 Å². The van der Waals surface area contributed by atoms with Crippen LogP contribution in [0, 0.1) is 0 Å². The highest BCUT2D eigenvalue weighted by atomic mass is 32.5. The van der Waals surface area contributed by atoms with Gasteiger partial charge >= 0.3 is 6.72 Å². The number of hydrogen-bond acceptors (Lipinski definition) is 1. The molecule has 0 saturated heterocycles. The van der Waals surface area contributed by atoms with E-state index in [1.807, 2.05) is 0 Å². The Morgan fingerprint density at radius 3 is 1.17 bits per heavy atom. The first-order chi connectivity index (χ1) is 2.00. The summed E-state index contributed by atoms with van der Waals surface area (Å²) in [6, 6.07) is 0. The lowest BCUT2D eigenvalue weighted by Crippen LogP contribution is -1.65. The number of rotatable bonds is 0. The van der Waals surface area contributed by atoms with Gasteiger partial charge in [0, 0.05) is 8.41 Å². The van der Waals surface area contributed by atoms with Gasteiger partial charge in [0.25, 0.3) is 0 Å². The second kappa shape index (κ2) is 2.72. The Balaban J connectivity index is 0. The molecule has 0 rings (SSSR count). The van der Waals surface area contributed by atoms with Crippen molar-refractivity contribution >= 4 is 26.9 Å². The van der Waals surface area contributed by atoms with Crippen molar-refractivity contribution in [3.63, 3.8) is 0 Å². The van der Waals surface area contributed by atoms with Crippen LogP contribution in [0.15, 0.2) is 0 Å². The Kier molecular flexibility index (Phi) is 4.43. The molecule has 0 aromatic heterocycles. The highest BCUT2D eigenvalue weighted by Gasteiger charge is 1.92. The summed E-state index contributed by atoms with van der Waals surface area (Å²) < 4.78 is 0. The van der Waals surface area contributed by atoms with E-state index >= 15 is 0 Å². The molecule has 0 fully saturated rings. The van der Waals surface area contributed by atoms with Crippen molar-refractivity contribution in [3.8, 4) is 0 Å². The van der Waals surface area contributed by atoms with Gasteiger partial charge in [-0.05, 0) is 11.8 Å². The lowest BCUT2D eigenvalue weighted by Gasteiger charge is -1.88. The van der Waals surface area contributed by atoms with E-state index in [1.54, 1.807) is 0 Å². The van der Waals surface area contributed by atoms with Crippen molar-refractivity contribution < 1.29 is 14.7 Å². The molecule has 3 N–H and O–H groups in total. The largest absolute Gasteiger partial charge is 0.325 e. The average Bonchev–Trinajstić information content (AvgIpc) is 0.722. The molecule has 6 heteroatoms. The minimum absolute atomic E-state index is 0. The minimum atomic E-state index is -3.81. The van der Waals surface area contributed by atoms with Crippen LogP contribution < -0.4 is 0 Å². The van der Waals surface area contributed by atoms with E-state index in [9.17, 15) is 0 Å². The Morgan fingerprint density at radius 1 is 1.17 bits per heavy atom. The van der Waals surface area contributed by atoms with Crippen LogP contribution in [-0.4, -0.2) is 23.1 Å². The lowest BCUT2D eigenvalue weighted by atomic mass is 10.8. The molecule has 0 saturated carbocycles. The van der Waals surface area contributed by atoms with E-state index in [0.717, 1.165) is 0 Å². The molecular formula is H3BO3PS. The molecule has 0 bridgehead atoms. The minimum Gasteiger partial charge on any atom is -0.325 e. The zero-order valence-electron chi connectivity index (χ0n) is 2.77. The standard InChI is InChI=1S/B.H3O3PS/c;1-4(2,3)5/h;(H3,1,2,3,5). The predicted molar refractivity (Wildman–Crippen MR) is 26.7 cm³/mol. The molecule has 3 radical (unpaired) electrons. The molecule has 0 atom stereocenters. The van der Waals surface area contributed by atoms with Crippen LogP contribution >= 0.6 is 6.72 Å². The molecule has 0 aromatic rings. The summed E-state index contributed by atoms with van der Waals surface area (Å²) in [5.41, 5.74) is 0. The van der Waals surface area contributed by atoms with Crippen molar-refractivity contribution in [3.05, 3.63) is 0 Å². The highest BCUT2D eigenvalue weighted by molar-refractivity contribution is 8.06. The average molecular weight is 125 g/mol. The van der Waals surface area contributed by atoms with Crippen molar-refractivity contribution in [2.75, 3.05) is 0 Å². The Bertz CT molecular complexity index is 56.9. The molecule has 0 aromatic carbocycles. The zero-order chi connectivity index (χ0) is 4.50. The predicted octanol–water partition coefficient (Wildman–Crippen LogP) is -1.19. The van der Waals surface area contributed by atoms with Gasteiger partial charge in [-0.15, -0.1) is 0 Å². The third kappa shape index (κ3) is 168. The quantitative estimate of drug-likeness (QED) is 0.281. The fourth-order valence-corrected chi connectivity index (χ4v) is 0. The monoisotopic (exact) mass is 125 g/mol. The molecule has 35 valence electrons. The lowest BCUT2D eigenvalue weighted by molar-refractivity contribution is 0.363. The zero-order valence-corrected chi connectivity index (χ0v) is 4.49. The normalized spacial score (nSPS) is 9.83. The van der Waals surface area contributed by atoms with Crippen LogP contribution in [0.3, 0.4) is 0 Å². The van der Waals surface area contributed by atoms with Gasteiger partial charge < -0.3 is 14.7 Å². The van der Waals surface area contributed by atoms with E-state index in [-0.39, 0.29) is 8.41 Å². The van der Waals surface area contributed by atoms with Crippen molar-refractivity contribution in [2.45, 2.75) is 0 Å². The topological polar surface area (TPSA) is 60.7 Å².